The van der Waals surface area contributed by atoms with E-state index in [4.69, 9.17) is 0 Å². The Morgan fingerprint density at radius 2 is 2.21 bits per heavy atom. The second-order valence-corrected chi connectivity index (χ2v) is 5.10. The summed E-state index contributed by atoms with van der Waals surface area (Å²) in [4.78, 5) is 12.3. The van der Waals surface area contributed by atoms with Gasteiger partial charge in [0, 0.05) is 42.5 Å². The topological polar surface area (TPSA) is 73.0 Å². The van der Waals surface area contributed by atoms with E-state index in [2.05, 4.69) is 10.4 Å². The van der Waals surface area contributed by atoms with Gasteiger partial charge in [-0.15, -0.1) is 0 Å². The molecule has 0 aliphatic heterocycles. The minimum Gasteiger partial charge on any atom is -0.385 e. The third-order valence-electron chi connectivity index (χ3n) is 2.40. The molecule has 0 aliphatic rings. The highest BCUT2D eigenvalue weighted by molar-refractivity contribution is 7.99. The van der Waals surface area contributed by atoms with E-state index in [1.165, 1.54) is 17.8 Å². The number of aryl methyl sites for hydroxylation is 1. The van der Waals surface area contributed by atoms with Gasteiger partial charge in [-0.25, -0.2) is 0 Å². The first kappa shape index (κ1) is 13.4. The third-order valence-corrected chi connectivity index (χ3v) is 3.32. The molecule has 2 rings (SSSR count). The Hall–Kier alpha value is -2.02. The van der Waals surface area contributed by atoms with E-state index >= 15 is 0 Å². The molecule has 1 heterocycles. The zero-order valence-electron chi connectivity index (χ0n) is 10.7. The highest BCUT2D eigenvalue weighted by Crippen LogP contribution is 2.32. The van der Waals surface area contributed by atoms with Gasteiger partial charge >= 0.3 is 0 Å². The molecule has 19 heavy (non-hydrogen) atoms. The van der Waals surface area contributed by atoms with E-state index in [-0.39, 0.29) is 10.6 Å². The van der Waals surface area contributed by atoms with Crippen molar-refractivity contribution in [3.05, 3.63) is 40.7 Å². The molecule has 0 bridgehead atoms. The number of nitro groups is 1. The number of nitro benzene ring substituents is 1. The van der Waals surface area contributed by atoms with E-state index in [0.29, 0.717) is 0 Å². The number of anilines is 1. The Labute approximate surface area is 115 Å². The molecule has 0 saturated carbocycles. The maximum Gasteiger partial charge on any atom is 0.272 e. The van der Waals surface area contributed by atoms with Crippen molar-refractivity contribution in [2.75, 3.05) is 11.9 Å². The Morgan fingerprint density at radius 1 is 1.42 bits per heavy atom. The van der Waals surface area contributed by atoms with Crippen molar-refractivity contribution >= 4 is 23.1 Å². The first-order valence-corrected chi connectivity index (χ1v) is 6.60. The number of hydrogen-bond acceptors (Lipinski definition) is 5. The summed E-state index contributed by atoms with van der Waals surface area (Å²) in [5, 5.41) is 18.1. The molecule has 0 amide bonds. The maximum absolute atomic E-state index is 10.9. The molecule has 7 heteroatoms. The summed E-state index contributed by atoms with van der Waals surface area (Å²) >= 11 is 1.45. The molecule has 0 spiro atoms. The van der Waals surface area contributed by atoms with Crippen LogP contribution in [0.3, 0.4) is 0 Å². The predicted molar refractivity (Wildman–Crippen MR) is 74.6 cm³/mol. The van der Waals surface area contributed by atoms with Crippen LogP contribution in [0.25, 0.3) is 0 Å². The third kappa shape index (κ3) is 3.47. The standard InChI is InChI=1S/C12H14N4O2S/c1-3-13-9-4-10(16(17)18)6-11(5-9)19-12-7-14-15(2)8-12/h4-8,13H,3H2,1-2H3. The average molecular weight is 278 g/mol. The van der Waals surface area contributed by atoms with Gasteiger partial charge in [-0.05, 0) is 13.0 Å². The van der Waals surface area contributed by atoms with Crippen LogP contribution in [-0.2, 0) is 7.05 Å². The van der Waals surface area contributed by atoms with Crippen LogP contribution in [0, 0.1) is 10.1 Å². The van der Waals surface area contributed by atoms with Gasteiger partial charge in [0.2, 0.25) is 0 Å². The van der Waals surface area contributed by atoms with Crippen LogP contribution >= 0.6 is 11.8 Å². The molecule has 0 fully saturated rings. The van der Waals surface area contributed by atoms with Crippen LogP contribution in [0.1, 0.15) is 6.92 Å². The predicted octanol–water partition coefficient (Wildman–Crippen LogP) is 2.91. The monoisotopic (exact) mass is 278 g/mol. The van der Waals surface area contributed by atoms with E-state index in [1.807, 2.05) is 26.2 Å². The number of non-ortho nitro benzene ring substituents is 1. The minimum absolute atomic E-state index is 0.0878. The average Bonchev–Trinajstić information content (AvgIpc) is 2.75. The van der Waals surface area contributed by atoms with E-state index < -0.39 is 0 Å². The first-order chi connectivity index (χ1) is 9.08. The van der Waals surface area contributed by atoms with Crippen molar-refractivity contribution in [2.24, 2.45) is 7.05 Å². The molecule has 0 saturated heterocycles. The van der Waals surface area contributed by atoms with Crippen molar-refractivity contribution < 1.29 is 4.92 Å². The number of aromatic nitrogens is 2. The molecule has 0 aliphatic carbocycles. The second-order valence-electron chi connectivity index (χ2n) is 3.95. The van der Waals surface area contributed by atoms with Crippen LogP contribution < -0.4 is 5.32 Å². The molecular formula is C12H14N4O2S. The fourth-order valence-electron chi connectivity index (χ4n) is 1.64. The second kappa shape index (κ2) is 5.75. The molecule has 0 unspecified atom stereocenters. The summed E-state index contributed by atoms with van der Waals surface area (Å²) in [5.74, 6) is 0. The van der Waals surface area contributed by atoms with Gasteiger partial charge in [-0.3, -0.25) is 14.8 Å². The fourth-order valence-corrected chi connectivity index (χ4v) is 2.58. The lowest BCUT2D eigenvalue weighted by atomic mass is 10.3. The Bertz CT molecular complexity index is 597. The van der Waals surface area contributed by atoms with Crippen molar-refractivity contribution in [3.8, 4) is 0 Å². The number of nitrogens with zero attached hydrogens (tertiary/aromatic N) is 3. The highest BCUT2D eigenvalue weighted by atomic mass is 32.2. The zero-order valence-corrected chi connectivity index (χ0v) is 11.5. The summed E-state index contributed by atoms with van der Waals surface area (Å²) in [5.41, 5.74) is 0.841. The van der Waals surface area contributed by atoms with Gasteiger partial charge in [-0.2, -0.15) is 5.10 Å². The maximum atomic E-state index is 10.9. The summed E-state index contributed by atoms with van der Waals surface area (Å²) < 4.78 is 1.70. The van der Waals surface area contributed by atoms with Crippen LogP contribution in [0.5, 0.6) is 0 Å². The number of nitrogens with one attached hydrogen (secondary N) is 1. The molecule has 0 atom stereocenters. The lowest BCUT2D eigenvalue weighted by molar-refractivity contribution is -0.385. The van der Waals surface area contributed by atoms with Gasteiger partial charge < -0.3 is 5.32 Å². The normalized spacial score (nSPS) is 10.4. The van der Waals surface area contributed by atoms with Crippen LogP contribution in [0.15, 0.2) is 40.4 Å². The Kier molecular flexibility index (Phi) is 4.06. The number of benzene rings is 1. The zero-order chi connectivity index (χ0) is 13.8. The molecule has 6 nitrogen and oxygen atoms in total. The molecular weight excluding hydrogens is 264 g/mol. The molecule has 1 aromatic heterocycles. The van der Waals surface area contributed by atoms with Gasteiger partial charge in [0.05, 0.1) is 16.0 Å². The van der Waals surface area contributed by atoms with Gasteiger partial charge in [-0.1, -0.05) is 11.8 Å². The quantitative estimate of drug-likeness (QED) is 0.672. The summed E-state index contributed by atoms with van der Waals surface area (Å²) in [6.45, 7) is 2.67. The number of hydrogen-bond donors (Lipinski definition) is 1. The van der Waals surface area contributed by atoms with Gasteiger partial charge in [0.15, 0.2) is 0 Å². The molecule has 1 N–H and O–H groups in total. The summed E-state index contributed by atoms with van der Waals surface area (Å²) in [6.07, 6.45) is 3.60. The molecule has 2 aromatic rings. The minimum atomic E-state index is -0.381. The van der Waals surface area contributed by atoms with E-state index in [9.17, 15) is 10.1 Å². The molecule has 0 radical (unpaired) electrons. The van der Waals surface area contributed by atoms with E-state index in [0.717, 1.165) is 22.0 Å². The Balaban J connectivity index is 2.30. The largest absolute Gasteiger partial charge is 0.385 e. The smallest absolute Gasteiger partial charge is 0.272 e. The fraction of sp³-hybridized carbons (Fsp3) is 0.250. The highest BCUT2D eigenvalue weighted by Gasteiger charge is 2.11. The summed E-state index contributed by atoms with van der Waals surface area (Å²) in [7, 11) is 1.83. The van der Waals surface area contributed by atoms with Gasteiger partial charge in [0.1, 0.15) is 0 Å². The van der Waals surface area contributed by atoms with E-state index in [1.54, 1.807) is 16.9 Å². The van der Waals surface area contributed by atoms with Crippen LogP contribution in [-0.4, -0.2) is 21.2 Å². The summed E-state index contributed by atoms with van der Waals surface area (Å²) in [6, 6.07) is 5.00. The van der Waals surface area contributed by atoms with Crippen molar-refractivity contribution in [3.63, 3.8) is 0 Å². The SMILES string of the molecule is CCNc1cc(Sc2cnn(C)c2)cc([N+](=O)[O-])c1. The van der Waals surface area contributed by atoms with Crippen molar-refractivity contribution in [2.45, 2.75) is 16.7 Å². The lowest BCUT2D eigenvalue weighted by Gasteiger charge is -2.06. The Morgan fingerprint density at radius 3 is 2.79 bits per heavy atom. The van der Waals surface area contributed by atoms with Crippen LogP contribution in [0.2, 0.25) is 0 Å². The van der Waals surface area contributed by atoms with Crippen molar-refractivity contribution in [1.82, 2.24) is 9.78 Å². The molecule has 100 valence electrons. The van der Waals surface area contributed by atoms with Crippen molar-refractivity contribution in [1.29, 1.82) is 0 Å². The molecule has 1 aromatic carbocycles. The van der Waals surface area contributed by atoms with Crippen LogP contribution in [0.4, 0.5) is 11.4 Å². The first-order valence-electron chi connectivity index (χ1n) is 5.78. The van der Waals surface area contributed by atoms with Gasteiger partial charge in [0.25, 0.3) is 5.69 Å². The lowest BCUT2D eigenvalue weighted by Crippen LogP contribution is -1.98. The number of rotatable bonds is 5.